The quantitative estimate of drug-likeness (QED) is 0.169. The van der Waals surface area contributed by atoms with Crippen LogP contribution in [0.15, 0.2) is 11.6 Å². The van der Waals surface area contributed by atoms with E-state index in [4.69, 9.17) is 28.4 Å². The summed E-state index contributed by atoms with van der Waals surface area (Å²) in [5.41, 5.74) is 1.80. The molecule has 9 rings (SSSR count). The van der Waals surface area contributed by atoms with Gasteiger partial charge >= 0.3 is 0 Å². The zero-order valence-electron chi connectivity index (χ0n) is 36.2. The largest absolute Gasteiger partial charge is 0.394 e. The summed E-state index contributed by atoms with van der Waals surface area (Å²) in [6.07, 6.45) is -9.14. The van der Waals surface area contributed by atoms with Gasteiger partial charge in [-0.3, -0.25) is 4.90 Å². The van der Waals surface area contributed by atoms with E-state index in [1.807, 2.05) is 0 Å². The smallest absolute Gasteiger partial charge is 0.187 e. The van der Waals surface area contributed by atoms with Gasteiger partial charge in [-0.2, -0.15) is 0 Å². The summed E-state index contributed by atoms with van der Waals surface area (Å²) in [6.45, 7) is 13.7. The van der Waals surface area contributed by atoms with E-state index in [1.165, 1.54) is 58.1 Å². The number of aliphatic hydroxyl groups is 8. The summed E-state index contributed by atoms with van der Waals surface area (Å²) < 4.78 is 36.7. The molecule has 15 heteroatoms. The lowest BCUT2D eigenvalue weighted by Crippen LogP contribution is -2.66. The van der Waals surface area contributed by atoms with E-state index in [9.17, 15) is 40.9 Å². The highest BCUT2D eigenvalue weighted by Gasteiger charge is 2.66. The van der Waals surface area contributed by atoms with E-state index >= 15 is 0 Å². The van der Waals surface area contributed by atoms with Crippen molar-refractivity contribution in [3.8, 4) is 0 Å². The van der Waals surface area contributed by atoms with Crippen molar-refractivity contribution >= 4 is 0 Å². The van der Waals surface area contributed by atoms with Crippen molar-refractivity contribution in [1.29, 1.82) is 0 Å². The van der Waals surface area contributed by atoms with E-state index < -0.39 is 98.7 Å². The lowest BCUT2D eigenvalue weighted by Gasteiger charge is -2.58. The van der Waals surface area contributed by atoms with Crippen LogP contribution in [-0.2, 0) is 28.4 Å². The molecular formula is C45H73NO14. The number of allylic oxidation sites excluding steroid dienone is 1. The number of fused-ring (bicyclic) bond motifs is 9. The minimum atomic E-state index is -1.70. The van der Waals surface area contributed by atoms with Crippen molar-refractivity contribution in [2.24, 2.45) is 46.3 Å². The SMILES string of the molecule is C[C@H]1CC[C@@H]2[C@@H](C)[C@H]3[C@H](CC4[C@@H]5CC=C6CC(O[C@@H]7O[C@H](CO)C(O[C@@H]8O[C@@H](C)[C@H](O)[C@@H](O)[C@H]8O)[C@H](O)[C@H]7O[C@@H]7O[C@@H](C)[C@H](O)[C@@H](O)[C@H]7O)CC[C@]6(C)[C@H]5CC[C@@]43C)N2C1. The van der Waals surface area contributed by atoms with Crippen LogP contribution >= 0.6 is 0 Å². The lowest BCUT2D eigenvalue weighted by atomic mass is 9.47. The molecule has 5 heterocycles. The van der Waals surface area contributed by atoms with E-state index in [2.05, 4.69) is 38.7 Å². The van der Waals surface area contributed by atoms with Crippen LogP contribution in [0.2, 0.25) is 0 Å². The van der Waals surface area contributed by atoms with Gasteiger partial charge in [0.15, 0.2) is 18.9 Å². The molecule has 9 aliphatic rings. The maximum atomic E-state index is 12.0. The van der Waals surface area contributed by atoms with Crippen molar-refractivity contribution in [3.63, 3.8) is 0 Å². The van der Waals surface area contributed by atoms with Crippen LogP contribution in [0.4, 0.5) is 0 Å². The first kappa shape index (κ1) is 44.3. The monoisotopic (exact) mass is 852 g/mol. The molecule has 0 amide bonds. The Morgan fingerprint density at radius 2 is 1.33 bits per heavy atom. The van der Waals surface area contributed by atoms with Gasteiger partial charge in [-0.05, 0) is 118 Å². The molecule has 60 heavy (non-hydrogen) atoms. The number of piperidine rings is 1. The second-order valence-electron chi connectivity index (χ2n) is 21.2. The molecule has 0 aromatic heterocycles. The lowest BCUT2D eigenvalue weighted by molar-refractivity contribution is -0.388. The van der Waals surface area contributed by atoms with Crippen LogP contribution < -0.4 is 0 Å². The summed E-state index contributed by atoms with van der Waals surface area (Å²) in [7, 11) is 0. The molecule has 0 aromatic carbocycles. The zero-order valence-corrected chi connectivity index (χ0v) is 36.2. The van der Waals surface area contributed by atoms with E-state index in [1.54, 1.807) is 0 Å². The van der Waals surface area contributed by atoms with Crippen molar-refractivity contribution in [2.75, 3.05) is 13.2 Å². The molecule has 8 N–H and O–H groups in total. The molecule has 8 fully saturated rings. The number of hydrogen-bond acceptors (Lipinski definition) is 15. The predicted octanol–water partition coefficient (Wildman–Crippen LogP) is 1.18. The highest BCUT2D eigenvalue weighted by molar-refractivity contribution is 5.27. The van der Waals surface area contributed by atoms with Gasteiger partial charge in [-0.25, -0.2) is 0 Å². The number of nitrogens with zero attached hydrogens (tertiary/aromatic N) is 1. The minimum absolute atomic E-state index is 0.0360. The first-order chi connectivity index (χ1) is 28.5. The Morgan fingerprint density at radius 1 is 0.683 bits per heavy atom. The number of aliphatic hydroxyl groups excluding tert-OH is 8. The summed E-state index contributed by atoms with van der Waals surface area (Å²) in [5.74, 6) is 4.26. The second kappa shape index (κ2) is 16.5. The van der Waals surface area contributed by atoms with Gasteiger partial charge in [0.05, 0.1) is 24.9 Å². The molecule has 5 saturated heterocycles. The van der Waals surface area contributed by atoms with Crippen LogP contribution in [0, 0.1) is 46.3 Å². The predicted molar refractivity (Wildman–Crippen MR) is 214 cm³/mol. The topological polar surface area (TPSA) is 220 Å². The highest BCUT2D eigenvalue weighted by atomic mass is 16.8. The Bertz CT molecular complexity index is 1570. The summed E-state index contributed by atoms with van der Waals surface area (Å²) in [5, 5.41) is 85.9. The Morgan fingerprint density at radius 3 is 1.98 bits per heavy atom. The van der Waals surface area contributed by atoms with Crippen molar-refractivity contribution < 1.29 is 69.3 Å². The van der Waals surface area contributed by atoms with Gasteiger partial charge in [0, 0.05) is 18.6 Å². The molecule has 0 radical (unpaired) electrons. The third kappa shape index (κ3) is 7.11. The average molecular weight is 852 g/mol. The second-order valence-corrected chi connectivity index (χ2v) is 21.2. The number of hydrogen-bond donors (Lipinski definition) is 8. The van der Waals surface area contributed by atoms with Gasteiger partial charge in [0.1, 0.15) is 61.0 Å². The molecule has 3 unspecified atom stereocenters. The molecule has 15 nitrogen and oxygen atoms in total. The van der Waals surface area contributed by atoms with Crippen molar-refractivity contribution in [1.82, 2.24) is 4.90 Å². The Labute approximate surface area is 354 Å². The van der Waals surface area contributed by atoms with Gasteiger partial charge in [-0.1, -0.05) is 39.3 Å². The first-order valence-electron chi connectivity index (χ1n) is 23.2. The molecule has 342 valence electrons. The third-order valence-electron chi connectivity index (χ3n) is 18.0. The van der Waals surface area contributed by atoms with E-state index in [0.29, 0.717) is 35.6 Å². The van der Waals surface area contributed by atoms with Gasteiger partial charge in [0.2, 0.25) is 0 Å². The van der Waals surface area contributed by atoms with Gasteiger partial charge in [0.25, 0.3) is 0 Å². The molecule has 0 bridgehead atoms. The van der Waals surface area contributed by atoms with E-state index in [0.717, 1.165) is 43.1 Å². The van der Waals surface area contributed by atoms with Crippen molar-refractivity contribution in [2.45, 2.75) is 210 Å². The van der Waals surface area contributed by atoms with Gasteiger partial charge in [-0.15, -0.1) is 0 Å². The molecule has 26 atom stereocenters. The normalized spacial score (nSPS) is 58.1. The third-order valence-corrected chi connectivity index (χ3v) is 18.0. The standard InChI is InChI=1S/C45H73NO14/c1-19-7-10-28-20(2)31-29(46(28)17-19)16-27-25-9-8-23-15-24(11-13-44(23,5)26(25)12-14-45(27,31)6)57-43-40(60-42-37(53)35(51)33(49)22(4)56-42)38(54)39(30(18-47)58-43)59-41-36(52)34(50)32(48)21(3)55-41/h8,19-22,24-43,47-54H,7,9-18H2,1-6H3/t19-,20+,21-,22-,24?,25+,26-,27?,28+,29-,30+,31-,32-,33-,34+,35+,36+,37+,38-,39?,40+,41-,42-,43+,44-,45-/m0/s1. The maximum absolute atomic E-state index is 12.0. The molecule has 0 aromatic rings. The zero-order chi connectivity index (χ0) is 42.7. The molecule has 5 aliphatic heterocycles. The number of rotatable bonds is 7. The summed E-state index contributed by atoms with van der Waals surface area (Å²) >= 11 is 0. The highest BCUT2D eigenvalue weighted by Crippen LogP contribution is 2.70. The molecule has 0 spiro atoms. The fourth-order valence-corrected chi connectivity index (χ4v) is 14.7. The van der Waals surface area contributed by atoms with Crippen LogP contribution in [-0.4, -0.2) is 169 Å². The van der Waals surface area contributed by atoms with Crippen LogP contribution in [0.5, 0.6) is 0 Å². The Hall–Kier alpha value is -0.860. The summed E-state index contributed by atoms with van der Waals surface area (Å²) in [4.78, 5) is 2.95. The molecular weight excluding hydrogens is 778 g/mol. The first-order valence-corrected chi connectivity index (χ1v) is 23.2. The number of ether oxygens (including phenoxy) is 6. The average Bonchev–Trinajstić information content (AvgIpc) is 3.69. The van der Waals surface area contributed by atoms with Crippen LogP contribution in [0.3, 0.4) is 0 Å². The maximum Gasteiger partial charge on any atom is 0.187 e. The minimum Gasteiger partial charge on any atom is -0.394 e. The molecule has 4 aliphatic carbocycles. The van der Waals surface area contributed by atoms with Crippen LogP contribution in [0.1, 0.15) is 99.3 Å². The molecule has 3 saturated carbocycles. The fraction of sp³-hybridized carbons (Fsp3) is 0.956. The summed E-state index contributed by atoms with van der Waals surface area (Å²) in [6, 6.07) is 1.45. The Kier molecular flexibility index (Phi) is 12.2. The fourth-order valence-electron chi connectivity index (χ4n) is 14.7. The Balaban J connectivity index is 0.927. The van der Waals surface area contributed by atoms with Crippen molar-refractivity contribution in [3.05, 3.63) is 11.6 Å². The van der Waals surface area contributed by atoms with E-state index in [-0.39, 0.29) is 11.5 Å². The van der Waals surface area contributed by atoms with Crippen LogP contribution in [0.25, 0.3) is 0 Å². The van der Waals surface area contributed by atoms with Gasteiger partial charge < -0.3 is 69.3 Å².